The Kier molecular flexibility index (Phi) is 3.97. The Morgan fingerprint density at radius 1 is 1.07 bits per heavy atom. The summed E-state index contributed by atoms with van der Waals surface area (Å²) in [5.74, 6) is -0.195. The summed E-state index contributed by atoms with van der Waals surface area (Å²) in [5, 5.41) is 1.99. The molecule has 0 spiro atoms. The molecule has 2 heterocycles. The molecule has 3 aromatic rings. The van der Waals surface area contributed by atoms with Crippen LogP contribution in [0.3, 0.4) is 0 Å². The van der Waals surface area contributed by atoms with E-state index in [1.807, 2.05) is 24.3 Å². The van der Waals surface area contributed by atoms with Gasteiger partial charge in [-0.25, -0.2) is 8.42 Å². The number of anilines is 2. The Balaban J connectivity index is 1.73. The van der Waals surface area contributed by atoms with Gasteiger partial charge in [0.25, 0.3) is 5.91 Å². The maximum absolute atomic E-state index is 13.1. The highest BCUT2D eigenvalue weighted by atomic mass is 32.2. The van der Waals surface area contributed by atoms with Crippen molar-refractivity contribution in [1.82, 2.24) is 4.98 Å². The van der Waals surface area contributed by atoms with Crippen LogP contribution in [-0.2, 0) is 14.8 Å². The Morgan fingerprint density at radius 2 is 1.82 bits per heavy atom. The van der Waals surface area contributed by atoms with Gasteiger partial charge in [0.15, 0.2) is 0 Å². The summed E-state index contributed by atoms with van der Waals surface area (Å²) in [4.78, 5) is 18.8. The molecule has 0 radical (unpaired) electrons. The fraction of sp³-hybridized carbons (Fsp3) is 0.238. The second-order valence-electron chi connectivity index (χ2n) is 7.49. The van der Waals surface area contributed by atoms with Crippen molar-refractivity contribution < 1.29 is 13.2 Å². The lowest BCUT2D eigenvalue weighted by Crippen LogP contribution is -2.33. The van der Waals surface area contributed by atoms with E-state index in [0.717, 1.165) is 16.5 Å². The summed E-state index contributed by atoms with van der Waals surface area (Å²) in [7, 11) is -0.243. The molecule has 1 aliphatic heterocycles. The molecule has 0 bridgehead atoms. The van der Waals surface area contributed by atoms with E-state index in [1.165, 1.54) is 4.31 Å². The number of nitrogens with zero attached hydrogens (tertiary/aromatic N) is 3. The number of sulfonamides is 1. The largest absolute Gasteiger partial charge is 0.311 e. The second kappa shape index (κ2) is 6.04. The van der Waals surface area contributed by atoms with Crippen LogP contribution in [0.4, 0.5) is 11.4 Å². The molecule has 0 N–H and O–H groups in total. The van der Waals surface area contributed by atoms with Crippen molar-refractivity contribution in [2.45, 2.75) is 18.6 Å². The van der Waals surface area contributed by atoms with Crippen LogP contribution in [0.25, 0.3) is 10.8 Å². The van der Waals surface area contributed by atoms with Crippen LogP contribution in [-0.4, -0.2) is 33.4 Å². The van der Waals surface area contributed by atoms with E-state index in [4.69, 9.17) is 0 Å². The molecule has 0 aliphatic carbocycles. The third kappa shape index (κ3) is 2.50. The minimum Gasteiger partial charge on any atom is -0.311 e. The Labute approximate surface area is 164 Å². The number of aromatic nitrogens is 1. The van der Waals surface area contributed by atoms with Gasteiger partial charge in [-0.05, 0) is 61.2 Å². The number of pyridine rings is 1. The lowest BCUT2D eigenvalue weighted by atomic mass is 9.97. The van der Waals surface area contributed by atoms with Crippen LogP contribution >= 0.6 is 0 Å². The summed E-state index contributed by atoms with van der Waals surface area (Å²) >= 11 is 0. The normalized spacial score (nSPS) is 16.8. The molecule has 7 heteroatoms. The zero-order valence-electron chi connectivity index (χ0n) is 16.2. The molecule has 6 nitrogen and oxygen atoms in total. The van der Waals surface area contributed by atoms with E-state index in [9.17, 15) is 13.2 Å². The van der Waals surface area contributed by atoms with Gasteiger partial charge >= 0.3 is 0 Å². The van der Waals surface area contributed by atoms with Gasteiger partial charge in [-0.15, -0.1) is 0 Å². The van der Waals surface area contributed by atoms with Crippen LogP contribution in [0.5, 0.6) is 0 Å². The lowest BCUT2D eigenvalue weighted by molar-refractivity contribution is 0.0993. The molecule has 28 heavy (non-hydrogen) atoms. The molecule has 0 unspecified atom stereocenters. The first-order chi connectivity index (χ1) is 13.1. The average molecular weight is 395 g/mol. The third-order valence-electron chi connectivity index (χ3n) is 5.55. The lowest BCUT2D eigenvalue weighted by Gasteiger charge is -2.20. The number of rotatable bonds is 2. The highest BCUT2D eigenvalue weighted by Crippen LogP contribution is 2.46. The van der Waals surface area contributed by atoms with Crippen molar-refractivity contribution in [3.05, 3.63) is 66.0 Å². The van der Waals surface area contributed by atoms with Crippen LogP contribution < -0.4 is 9.21 Å². The quantitative estimate of drug-likeness (QED) is 0.666. The maximum Gasteiger partial charge on any atom is 0.258 e. The molecule has 1 amide bonds. The van der Waals surface area contributed by atoms with Gasteiger partial charge in [-0.2, -0.15) is 0 Å². The first-order valence-corrected chi connectivity index (χ1v) is 10.3. The molecular weight excluding hydrogens is 374 g/mol. The van der Waals surface area contributed by atoms with Gasteiger partial charge in [0.2, 0.25) is 10.0 Å². The van der Waals surface area contributed by atoms with Crippen LogP contribution in [0.2, 0.25) is 0 Å². The molecule has 0 atom stereocenters. The average Bonchev–Trinajstić information content (AvgIpc) is 2.83. The van der Waals surface area contributed by atoms with E-state index < -0.39 is 14.8 Å². The number of fused-ring (bicyclic) bond motifs is 2. The monoisotopic (exact) mass is 395 g/mol. The van der Waals surface area contributed by atoms with Crippen molar-refractivity contribution in [2.75, 3.05) is 23.3 Å². The number of carbonyl (C=O) groups excluding carboxylic acids is 1. The molecule has 2 aromatic carbocycles. The number of amides is 1. The summed E-state index contributed by atoms with van der Waals surface area (Å²) in [6.45, 7) is 3.33. The minimum absolute atomic E-state index is 0.195. The predicted molar refractivity (Wildman–Crippen MR) is 111 cm³/mol. The van der Waals surface area contributed by atoms with Gasteiger partial charge in [0.05, 0.1) is 5.69 Å². The van der Waals surface area contributed by atoms with E-state index in [1.54, 1.807) is 63.4 Å². The molecule has 0 saturated carbocycles. The topological polar surface area (TPSA) is 70.6 Å². The summed E-state index contributed by atoms with van der Waals surface area (Å²) in [5.41, 5.74) is 2.46. The summed E-state index contributed by atoms with van der Waals surface area (Å²) in [6.07, 6.45) is 3.49. The Hall–Kier alpha value is -2.93. The minimum atomic E-state index is -3.50. The van der Waals surface area contributed by atoms with Gasteiger partial charge in [0, 0.05) is 43.1 Å². The highest BCUT2D eigenvalue weighted by Gasteiger charge is 2.48. The molecule has 4 rings (SSSR count). The third-order valence-corrected chi connectivity index (χ3v) is 7.98. The zero-order valence-corrected chi connectivity index (χ0v) is 17.0. The van der Waals surface area contributed by atoms with Crippen molar-refractivity contribution in [3.8, 4) is 0 Å². The number of benzene rings is 2. The van der Waals surface area contributed by atoms with E-state index in [0.29, 0.717) is 16.8 Å². The van der Waals surface area contributed by atoms with Crippen LogP contribution in [0.15, 0.2) is 54.9 Å². The second-order valence-corrected chi connectivity index (χ2v) is 10.0. The smallest absolute Gasteiger partial charge is 0.258 e. The molecule has 1 aliphatic rings. The van der Waals surface area contributed by atoms with E-state index in [2.05, 4.69) is 4.98 Å². The van der Waals surface area contributed by atoms with E-state index >= 15 is 0 Å². The SMILES string of the molecule is CN(C(=O)c1ccc2c(c1)C(C)(C)S(=O)(=O)N2C)c1ccc2cnccc2c1. The standard InChI is InChI=1S/C21H21N3O3S/c1-21(2)18-12-15(6-8-19(18)24(4)28(21,26)27)20(25)23(3)17-7-5-16-13-22-10-9-14(16)11-17/h5-13H,1-4H3. The number of carbonyl (C=O) groups is 1. The number of hydrogen-bond donors (Lipinski definition) is 0. The van der Waals surface area contributed by atoms with Crippen molar-refractivity contribution in [2.24, 2.45) is 0 Å². The Bertz CT molecular complexity index is 1220. The molecule has 0 fully saturated rings. The highest BCUT2D eigenvalue weighted by molar-refractivity contribution is 7.94. The molecule has 0 saturated heterocycles. The Morgan fingerprint density at radius 3 is 2.57 bits per heavy atom. The van der Waals surface area contributed by atoms with Crippen molar-refractivity contribution >= 4 is 38.1 Å². The van der Waals surface area contributed by atoms with Gasteiger partial charge in [-0.3, -0.25) is 14.1 Å². The van der Waals surface area contributed by atoms with E-state index in [-0.39, 0.29) is 5.91 Å². The van der Waals surface area contributed by atoms with Crippen molar-refractivity contribution in [3.63, 3.8) is 0 Å². The first-order valence-electron chi connectivity index (χ1n) is 8.89. The van der Waals surface area contributed by atoms with Gasteiger partial charge in [0.1, 0.15) is 4.75 Å². The summed E-state index contributed by atoms with van der Waals surface area (Å²) in [6, 6.07) is 12.7. The predicted octanol–water partition coefficient (Wildman–Crippen LogP) is 3.53. The molecule has 144 valence electrons. The molecular formula is C21H21N3O3S. The molecule has 1 aromatic heterocycles. The summed E-state index contributed by atoms with van der Waals surface area (Å²) < 4.78 is 25.5. The van der Waals surface area contributed by atoms with Crippen LogP contribution in [0, 0.1) is 0 Å². The first kappa shape index (κ1) is 18.4. The number of hydrogen-bond acceptors (Lipinski definition) is 4. The van der Waals surface area contributed by atoms with Crippen molar-refractivity contribution in [1.29, 1.82) is 0 Å². The van der Waals surface area contributed by atoms with Gasteiger partial charge < -0.3 is 4.90 Å². The fourth-order valence-electron chi connectivity index (χ4n) is 3.63. The van der Waals surface area contributed by atoms with Crippen LogP contribution in [0.1, 0.15) is 29.8 Å². The zero-order chi connectivity index (χ0) is 20.3. The maximum atomic E-state index is 13.1. The fourth-order valence-corrected chi connectivity index (χ4v) is 5.17. The van der Waals surface area contributed by atoms with Gasteiger partial charge in [-0.1, -0.05) is 6.07 Å².